The molecule has 228 valence electrons. The molecule has 1 aliphatic heterocycles. The number of carbonyl (C=O) groups excluding carboxylic acids is 2. The Balaban J connectivity index is 1.34. The Hall–Kier alpha value is -4.68. The third kappa shape index (κ3) is 4.61. The lowest BCUT2D eigenvalue weighted by Crippen LogP contribution is -2.46. The second-order valence-corrected chi connectivity index (χ2v) is 11.6. The van der Waals surface area contributed by atoms with Crippen molar-refractivity contribution in [2.45, 2.75) is 64.3 Å². The number of rotatable bonds is 9. The monoisotopic (exact) mass is 600 g/mol. The first kappa shape index (κ1) is 29.4. The third-order valence-electron chi connectivity index (χ3n) is 8.82. The summed E-state index contributed by atoms with van der Waals surface area (Å²) in [4.78, 5) is 54.2. The lowest BCUT2D eigenvalue weighted by molar-refractivity contribution is -0.396. The Morgan fingerprint density at radius 3 is 2.55 bits per heavy atom. The highest BCUT2D eigenvalue weighted by molar-refractivity contribution is 5.93. The third-order valence-corrected chi connectivity index (χ3v) is 8.82. The van der Waals surface area contributed by atoms with Crippen molar-refractivity contribution in [2.24, 2.45) is 0 Å². The summed E-state index contributed by atoms with van der Waals surface area (Å²) < 4.78 is 20.0. The molecule has 1 unspecified atom stereocenters. The normalized spacial score (nSPS) is 17.3. The summed E-state index contributed by atoms with van der Waals surface area (Å²) >= 11 is 0. The van der Waals surface area contributed by atoms with Gasteiger partial charge in [-0.2, -0.15) is 0 Å². The molecule has 1 aliphatic carbocycles. The molecule has 12 nitrogen and oxygen atoms in total. The number of ketones is 1. The predicted molar refractivity (Wildman–Crippen MR) is 159 cm³/mol. The van der Waals surface area contributed by atoms with E-state index in [1.54, 1.807) is 18.4 Å². The quantitative estimate of drug-likeness (QED) is 0.104. The van der Waals surface area contributed by atoms with E-state index >= 15 is 0 Å². The van der Waals surface area contributed by atoms with Gasteiger partial charge in [0.05, 0.1) is 19.3 Å². The highest BCUT2D eigenvalue weighted by atomic mass is 16.7. The predicted octanol–water partition coefficient (Wildman–Crippen LogP) is 4.35. The van der Waals surface area contributed by atoms with Gasteiger partial charge >= 0.3 is 11.9 Å². The number of ether oxygens (including phenoxy) is 3. The molecule has 3 heterocycles. The summed E-state index contributed by atoms with van der Waals surface area (Å²) in [6.45, 7) is 4.79. The number of carbonyl (C=O) groups is 2. The maximum absolute atomic E-state index is 13.9. The van der Waals surface area contributed by atoms with Crippen molar-refractivity contribution >= 4 is 28.5 Å². The van der Waals surface area contributed by atoms with Gasteiger partial charge < -0.3 is 28.9 Å². The number of hydrogen-bond donors (Lipinski definition) is 0. The van der Waals surface area contributed by atoms with Crippen molar-refractivity contribution in [3.63, 3.8) is 0 Å². The number of imidazole rings is 1. The number of hydrogen-bond acceptors (Lipinski definition) is 9. The molecule has 0 spiro atoms. The lowest BCUT2D eigenvalue weighted by Gasteiger charge is -2.37. The maximum Gasteiger partial charge on any atom is 0.435 e. The molecule has 6 rings (SSSR count). The molecule has 0 fully saturated rings. The largest absolute Gasteiger partial charge is 0.467 e. The molecular formula is C32H32N4O8. The van der Waals surface area contributed by atoms with Gasteiger partial charge in [-0.15, -0.1) is 0 Å². The number of pyridine rings is 1. The van der Waals surface area contributed by atoms with E-state index in [9.17, 15) is 24.5 Å². The summed E-state index contributed by atoms with van der Waals surface area (Å²) in [7, 11) is 1.19. The molecule has 0 saturated carbocycles. The Morgan fingerprint density at radius 1 is 1.14 bits per heavy atom. The van der Waals surface area contributed by atoms with Crippen LogP contribution in [0.15, 0.2) is 53.5 Å². The van der Waals surface area contributed by atoms with Crippen molar-refractivity contribution in [3.05, 3.63) is 91.5 Å². The van der Waals surface area contributed by atoms with E-state index in [1.165, 1.54) is 13.3 Å². The number of fused-ring (bicyclic) bond motifs is 5. The minimum absolute atomic E-state index is 0.132. The van der Waals surface area contributed by atoms with Crippen molar-refractivity contribution in [2.75, 3.05) is 13.9 Å². The Kier molecular flexibility index (Phi) is 7.21. The molecule has 0 amide bonds. The number of methoxy groups -OCH3 is 1. The lowest BCUT2D eigenvalue weighted by atomic mass is 9.76. The summed E-state index contributed by atoms with van der Waals surface area (Å²) in [6.07, 6.45) is 2.00. The minimum Gasteiger partial charge on any atom is -0.467 e. The maximum atomic E-state index is 13.9. The van der Waals surface area contributed by atoms with Crippen molar-refractivity contribution in [3.8, 4) is 11.3 Å². The van der Waals surface area contributed by atoms with Gasteiger partial charge in [0.1, 0.15) is 24.3 Å². The van der Waals surface area contributed by atoms with Gasteiger partial charge in [-0.1, -0.05) is 36.2 Å². The average Bonchev–Trinajstić information content (AvgIpc) is 3.59. The fourth-order valence-electron chi connectivity index (χ4n) is 6.43. The molecule has 0 radical (unpaired) electrons. The highest BCUT2D eigenvalue weighted by Crippen LogP contribution is 2.42. The fraction of sp³-hybridized carbons (Fsp3) is 0.375. The van der Waals surface area contributed by atoms with Crippen LogP contribution in [0.4, 0.5) is 5.95 Å². The topological polar surface area (TPSA) is 145 Å². The van der Waals surface area contributed by atoms with Crippen LogP contribution < -0.4 is 5.56 Å². The molecule has 0 bridgehead atoms. The zero-order chi connectivity index (χ0) is 31.4. The first-order valence-corrected chi connectivity index (χ1v) is 14.4. The van der Waals surface area contributed by atoms with Gasteiger partial charge in [-0.3, -0.25) is 9.59 Å². The Morgan fingerprint density at radius 2 is 1.86 bits per heavy atom. The molecule has 2 aromatic heterocycles. The smallest absolute Gasteiger partial charge is 0.435 e. The van der Waals surface area contributed by atoms with Crippen LogP contribution >= 0.6 is 0 Å². The second-order valence-electron chi connectivity index (χ2n) is 11.6. The van der Waals surface area contributed by atoms with Crippen LogP contribution in [0.2, 0.25) is 0 Å². The van der Waals surface area contributed by atoms with Gasteiger partial charge in [0.2, 0.25) is 0 Å². The zero-order valence-corrected chi connectivity index (χ0v) is 24.9. The summed E-state index contributed by atoms with van der Waals surface area (Å²) in [5.74, 6) is -1.38. The molecule has 12 heteroatoms. The van der Waals surface area contributed by atoms with Crippen LogP contribution in [0, 0.1) is 10.1 Å². The molecule has 0 N–H and O–H groups in total. The molecule has 0 saturated heterocycles. The van der Waals surface area contributed by atoms with E-state index in [-0.39, 0.29) is 36.7 Å². The Bertz CT molecular complexity index is 1910. The molecule has 2 aromatic carbocycles. The number of nitrogens with zero attached hydrogens (tertiary/aromatic N) is 4. The van der Waals surface area contributed by atoms with E-state index in [1.807, 2.05) is 37.3 Å². The number of nitro groups is 1. The summed E-state index contributed by atoms with van der Waals surface area (Å²) in [5, 5.41) is 13.7. The van der Waals surface area contributed by atoms with Gasteiger partial charge in [0.25, 0.3) is 5.56 Å². The molecule has 44 heavy (non-hydrogen) atoms. The van der Waals surface area contributed by atoms with Crippen molar-refractivity contribution in [1.82, 2.24) is 14.1 Å². The SMILES string of the molecule is CCC1(OCOC(C)(C)c2cnc([N+](=O)[O-])n2CC(=O)OC)C(=O)CCc2c1cc1n(c2=O)Cc2cc3ccccc3cc2-1. The number of esters is 1. The van der Waals surface area contributed by atoms with Crippen LogP contribution in [0.25, 0.3) is 22.0 Å². The van der Waals surface area contributed by atoms with E-state index in [4.69, 9.17) is 14.2 Å². The van der Waals surface area contributed by atoms with E-state index in [0.717, 1.165) is 32.2 Å². The van der Waals surface area contributed by atoms with Crippen LogP contribution in [-0.2, 0) is 54.5 Å². The first-order valence-electron chi connectivity index (χ1n) is 14.4. The minimum atomic E-state index is -1.42. The first-order chi connectivity index (χ1) is 21.0. The Labute approximate surface area is 252 Å². The van der Waals surface area contributed by atoms with Crippen LogP contribution in [0.1, 0.15) is 56.0 Å². The van der Waals surface area contributed by atoms with Gasteiger partial charge in [-0.05, 0) is 66.1 Å². The van der Waals surface area contributed by atoms with Crippen LogP contribution in [0.3, 0.4) is 0 Å². The van der Waals surface area contributed by atoms with E-state index < -0.39 is 34.6 Å². The second kappa shape index (κ2) is 10.8. The number of aromatic nitrogens is 3. The van der Waals surface area contributed by atoms with Gasteiger partial charge in [0, 0.05) is 23.1 Å². The molecule has 2 aliphatic rings. The van der Waals surface area contributed by atoms with E-state index in [0.29, 0.717) is 24.1 Å². The number of benzene rings is 2. The molecular weight excluding hydrogens is 568 g/mol. The average molecular weight is 601 g/mol. The summed E-state index contributed by atoms with van der Waals surface area (Å²) in [6, 6.07) is 14.1. The number of Topliss-reactive ketones (excluding diaryl/α,β-unsaturated/α-hetero) is 1. The summed E-state index contributed by atoms with van der Waals surface area (Å²) in [5.41, 5.74) is 1.31. The van der Waals surface area contributed by atoms with Gasteiger partial charge in [0.15, 0.2) is 17.9 Å². The van der Waals surface area contributed by atoms with Crippen molar-refractivity contribution in [1.29, 1.82) is 0 Å². The molecule has 4 aromatic rings. The molecule has 1 atom stereocenters. The highest BCUT2D eigenvalue weighted by Gasteiger charge is 2.46. The van der Waals surface area contributed by atoms with Gasteiger partial charge in [-0.25, -0.2) is 9.36 Å². The van der Waals surface area contributed by atoms with Crippen LogP contribution in [0.5, 0.6) is 0 Å². The van der Waals surface area contributed by atoms with E-state index in [2.05, 4.69) is 17.1 Å². The zero-order valence-electron chi connectivity index (χ0n) is 24.9. The van der Waals surface area contributed by atoms with Crippen molar-refractivity contribution < 1.29 is 28.7 Å². The fourth-order valence-corrected chi connectivity index (χ4v) is 6.43. The van der Waals surface area contributed by atoms with Crippen LogP contribution in [-0.4, -0.2) is 44.7 Å². The standard InChI is InChI=1S/C32H32N4O8/c1-5-32(44-18-43-31(2,3)26-15-33-30(36(40)41)35(26)17-28(38)42-4)24-14-25-23-13-20-9-7-6-8-19(20)12-21(23)16-34(25)29(39)22(24)10-11-27(32)37/h6-9,12-15H,5,10-11,16-18H2,1-4H3.